The van der Waals surface area contributed by atoms with E-state index in [4.69, 9.17) is 4.74 Å². The first-order valence-electron chi connectivity index (χ1n) is 7.27. The van der Waals surface area contributed by atoms with Crippen molar-refractivity contribution in [2.24, 2.45) is 0 Å². The summed E-state index contributed by atoms with van der Waals surface area (Å²) in [6.07, 6.45) is 3.87. The summed E-state index contributed by atoms with van der Waals surface area (Å²) in [6, 6.07) is 10.5. The summed E-state index contributed by atoms with van der Waals surface area (Å²) < 4.78 is 7.23. The highest BCUT2D eigenvalue weighted by Gasteiger charge is 2.15. The smallest absolute Gasteiger partial charge is 0.113 e. The van der Waals surface area contributed by atoms with Crippen LogP contribution in [0.2, 0.25) is 0 Å². The van der Waals surface area contributed by atoms with E-state index in [9.17, 15) is 5.26 Å². The highest BCUT2D eigenvalue weighted by molar-refractivity contribution is 7.98. The fraction of sp³-hybridized carbons (Fsp3) is 0.211. The highest BCUT2D eigenvalue weighted by atomic mass is 32.2. The van der Waals surface area contributed by atoms with Gasteiger partial charge in [-0.3, -0.25) is 0 Å². The number of rotatable bonds is 5. The Morgan fingerprint density at radius 3 is 2.52 bits per heavy atom. The Morgan fingerprint density at radius 2 is 2.04 bits per heavy atom. The second kappa shape index (κ2) is 7.26. The Hall–Kier alpha value is -2.38. The number of methoxy groups -OCH3 is 1. The minimum absolute atomic E-state index is 0.538. The largest absolute Gasteiger partial charge is 0.497 e. The first-order chi connectivity index (χ1) is 11.1. The van der Waals surface area contributed by atoms with Crippen LogP contribution in [-0.2, 0) is 11.3 Å². The molecule has 0 aliphatic carbocycles. The summed E-state index contributed by atoms with van der Waals surface area (Å²) in [4.78, 5) is 1.19. The van der Waals surface area contributed by atoms with Crippen LogP contribution in [0.15, 0.2) is 41.5 Å². The number of allylic oxidation sites excluding steroid dienone is 1. The lowest BCUT2D eigenvalue weighted by molar-refractivity contribution is 0.315. The molecule has 0 aliphatic rings. The molecule has 0 aliphatic heterocycles. The number of nitriles is 1. The van der Waals surface area contributed by atoms with Crippen molar-refractivity contribution in [3.63, 3.8) is 0 Å². The number of hydrogen-bond acceptors (Lipinski definition) is 3. The molecular weight excluding hydrogens is 304 g/mol. The van der Waals surface area contributed by atoms with Crippen molar-refractivity contribution in [2.45, 2.75) is 18.4 Å². The normalized spacial score (nSPS) is 11.3. The van der Waals surface area contributed by atoms with E-state index >= 15 is 0 Å². The molecule has 1 aromatic heterocycles. The molecule has 3 nitrogen and oxygen atoms in total. The molecular formula is C19H20N2OS. The Balaban J connectivity index is 2.80. The van der Waals surface area contributed by atoms with Gasteiger partial charge in [0.2, 0.25) is 0 Å². The van der Waals surface area contributed by atoms with Gasteiger partial charge in [0.25, 0.3) is 0 Å². The summed E-state index contributed by atoms with van der Waals surface area (Å²) in [5, 5.41) is 11.2. The van der Waals surface area contributed by atoms with E-state index in [2.05, 4.69) is 35.9 Å². The van der Waals surface area contributed by atoms with Gasteiger partial charge < -0.3 is 9.30 Å². The van der Waals surface area contributed by atoms with E-state index < -0.39 is 0 Å². The van der Waals surface area contributed by atoms with Crippen LogP contribution in [0.3, 0.4) is 0 Å². The van der Waals surface area contributed by atoms with Crippen molar-refractivity contribution >= 4 is 24.4 Å². The maximum absolute atomic E-state index is 9.61. The highest BCUT2D eigenvalue weighted by Crippen LogP contribution is 2.24. The number of thioether (sulfide) groups is 1. The molecule has 0 atom stereocenters. The Bertz CT molecular complexity index is 870. The lowest BCUT2D eigenvalue weighted by Gasteiger charge is -2.09. The van der Waals surface area contributed by atoms with Gasteiger partial charge in [0.15, 0.2) is 0 Å². The topological polar surface area (TPSA) is 38.0 Å². The predicted octanol–water partition coefficient (Wildman–Crippen LogP) is 3.12. The van der Waals surface area contributed by atoms with Crippen molar-refractivity contribution in [1.82, 2.24) is 4.57 Å². The zero-order chi connectivity index (χ0) is 17.0. The quantitative estimate of drug-likeness (QED) is 0.626. The van der Waals surface area contributed by atoms with Gasteiger partial charge in [0, 0.05) is 22.7 Å². The van der Waals surface area contributed by atoms with E-state index in [0.717, 1.165) is 23.2 Å². The fourth-order valence-electron chi connectivity index (χ4n) is 2.56. The standard InChI is InChI=1S/C19H20N2OS/c1-6-21-18(11-13(2)22-4)14(3)17(12-20)19(21)15-7-9-16(23-5)10-8-15/h7-11H,2-3,6H2,1,4-5H3/b18-11+. The minimum Gasteiger partial charge on any atom is -0.497 e. The van der Waals surface area contributed by atoms with E-state index in [1.807, 2.05) is 31.4 Å². The van der Waals surface area contributed by atoms with E-state index in [-0.39, 0.29) is 0 Å². The number of aromatic nitrogens is 1. The minimum atomic E-state index is 0.538. The lowest BCUT2D eigenvalue weighted by Crippen LogP contribution is -2.29. The van der Waals surface area contributed by atoms with Gasteiger partial charge >= 0.3 is 0 Å². The molecule has 0 fully saturated rings. The van der Waals surface area contributed by atoms with Crippen LogP contribution in [0.25, 0.3) is 23.9 Å². The van der Waals surface area contributed by atoms with Crippen LogP contribution < -0.4 is 10.6 Å². The second-order valence-corrected chi connectivity index (χ2v) is 5.87. The van der Waals surface area contributed by atoms with Gasteiger partial charge in [0.1, 0.15) is 11.8 Å². The Labute approximate surface area is 141 Å². The molecule has 0 amide bonds. The van der Waals surface area contributed by atoms with E-state index in [0.29, 0.717) is 16.5 Å². The molecule has 0 N–H and O–H groups in total. The molecule has 1 aromatic carbocycles. The van der Waals surface area contributed by atoms with Crippen LogP contribution in [0.5, 0.6) is 0 Å². The van der Waals surface area contributed by atoms with Gasteiger partial charge in [-0.05, 0) is 30.9 Å². The SMILES string of the molecule is C=C(/C=c1\c(=C)c(C#N)c(-c2ccc(SC)cc2)n1CC)OC. The maximum atomic E-state index is 9.61. The van der Waals surface area contributed by atoms with Gasteiger partial charge in [0.05, 0.1) is 23.7 Å². The Kier molecular flexibility index (Phi) is 5.36. The second-order valence-electron chi connectivity index (χ2n) is 4.99. The molecule has 23 heavy (non-hydrogen) atoms. The van der Waals surface area contributed by atoms with Crippen LogP contribution in [0.1, 0.15) is 12.5 Å². The van der Waals surface area contributed by atoms with Crippen LogP contribution in [-0.4, -0.2) is 17.9 Å². The summed E-state index contributed by atoms with van der Waals surface area (Å²) >= 11 is 1.69. The monoisotopic (exact) mass is 324 g/mol. The molecule has 0 bridgehead atoms. The first-order valence-corrected chi connectivity index (χ1v) is 8.50. The summed E-state index contributed by atoms with van der Waals surface area (Å²) in [5.74, 6) is 0.538. The molecule has 0 saturated carbocycles. The molecule has 1 heterocycles. The van der Waals surface area contributed by atoms with E-state index in [1.54, 1.807) is 18.9 Å². The van der Waals surface area contributed by atoms with Crippen molar-refractivity contribution in [3.8, 4) is 17.3 Å². The van der Waals surface area contributed by atoms with Gasteiger partial charge in [-0.2, -0.15) is 5.26 Å². The van der Waals surface area contributed by atoms with Crippen molar-refractivity contribution in [2.75, 3.05) is 13.4 Å². The lowest BCUT2D eigenvalue weighted by atomic mass is 10.1. The van der Waals surface area contributed by atoms with Gasteiger partial charge in [-0.1, -0.05) is 25.3 Å². The van der Waals surface area contributed by atoms with Gasteiger partial charge in [-0.25, -0.2) is 0 Å². The molecule has 2 aromatic rings. The number of hydrogen-bond donors (Lipinski definition) is 0. The maximum Gasteiger partial charge on any atom is 0.113 e. The molecule has 0 saturated heterocycles. The van der Waals surface area contributed by atoms with E-state index in [1.165, 1.54) is 4.90 Å². The van der Waals surface area contributed by atoms with Crippen LogP contribution >= 0.6 is 11.8 Å². The molecule has 0 radical (unpaired) electrons. The summed E-state index contributed by atoms with van der Waals surface area (Å²) in [7, 11) is 1.58. The van der Waals surface area contributed by atoms with Crippen LogP contribution in [0, 0.1) is 11.3 Å². The zero-order valence-electron chi connectivity index (χ0n) is 13.7. The van der Waals surface area contributed by atoms with Crippen LogP contribution in [0.4, 0.5) is 0 Å². The fourth-order valence-corrected chi connectivity index (χ4v) is 2.97. The Morgan fingerprint density at radius 1 is 1.39 bits per heavy atom. The third-order valence-electron chi connectivity index (χ3n) is 3.76. The first kappa shape index (κ1) is 17.0. The number of benzene rings is 1. The zero-order valence-corrected chi connectivity index (χ0v) is 14.5. The molecule has 0 unspecified atom stereocenters. The third kappa shape index (κ3) is 3.20. The molecule has 0 spiro atoms. The van der Waals surface area contributed by atoms with Crippen molar-refractivity contribution < 1.29 is 4.74 Å². The average molecular weight is 324 g/mol. The summed E-state index contributed by atoms with van der Waals surface area (Å²) in [5.41, 5.74) is 2.50. The van der Waals surface area contributed by atoms with Gasteiger partial charge in [-0.15, -0.1) is 11.8 Å². The average Bonchev–Trinajstić information content (AvgIpc) is 2.86. The van der Waals surface area contributed by atoms with Crippen molar-refractivity contribution in [3.05, 3.63) is 52.7 Å². The predicted molar refractivity (Wildman–Crippen MR) is 97.4 cm³/mol. The number of nitrogens with zero attached hydrogens (tertiary/aromatic N) is 2. The summed E-state index contributed by atoms with van der Waals surface area (Å²) in [6.45, 7) is 10.7. The number of ether oxygens (including phenoxy) is 1. The van der Waals surface area contributed by atoms with Crippen molar-refractivity contribution in [1.29, 1.82) is 5.26 Å². The molecule has 4 heteroatoms. The molecule has 2 rings (SSSR count). The molecule has 118 valence electrons. The third-order valence-corrected chi connectivity index (χ3v) is 4.50.